The van der Waals surface area contributed by atoms with Crippen LogP contribution in [0.4, 0.5) is 34.5 Å². The van der Waals surface area contributed by atoms with Gasteiger partial charge < -0.3 is 45.8 Å². The van der Waals surface area contributed by atoms with Crippen LogP contribution in [0.15, 0.2) is 78.4 Å². The van der Waals surface area contributed by atoms with Gasteiger partial charge >= 0.3 is 0 Å². The second-order valence-corrected chi connectivity index (χ2v) is 23.9. The fraction of sp³-hybridized carbons (Fsp3) is 0.472. The van der Waals surface area contributed by atoms with Gasteiger partial charge in [0.05, 0.1) is 58.8 Å². The van der Waals surface area contributed by atoms with E-state index in [9.17, 15) is 27.9 Å². The van der Waals surface area contributed by atoms with Gasteiger partial charge in [-0.15, -0.1) is 11.3 Å². The lowest BCUT2D eigenvalue weighted by atomic mass is 9.84. The number of ether oxygens (including phenoxy) is 1. The number of β-amino-alcohol motifs (C(OH)–C–C–N with tert-alkyl or cyclic N) is 1. The summed E-state index contributed by atoms with van der Waals surface area (Å²) >= 11 is 8.08. The van der Waals surface area contributed by atoms with Crippen molar-refractivity contribution in [2.24, 2.45) is 17.3 Å². The molecule has 3 aromatic carbocycles. The molecule has 0 radical (unpaired) electrons. The predicted octanol–water partition coefficient (Wildman–Crippen LogP) is 7.19. The Labute approximate surface area is 443 Å². The number of hydrogen-bond donors (Lipinski definition) is 5. The molecule has 5 aromatic rings. The van der Waals surface area contributed by atoms with E-state index >= 15 is 0 Å². The number of para-hydroxylation sites is 2. The van der Waals surface area contributed by atoms with Crippen LogP contribution in [0.25, 0.3) is 10.4 Å². The summed E-state index contributed by atoms with van der Waals surface area (Å²) in [5.74, 6) is 0.585. The molecule has 3 fully saturated rings. The van der Waals surface area contributed by atoms with E-state index in [-0.39, 0.29) is 54.1 Å². The number of aromatic nitrogens is 3. The molecule has 3 amide bonds. The normalized spacial score (nSPS) is 18.4. The Hall–Kier alpha value is -6.06. The summed E-state index contributed by atoms with van der Waals surface area (Å²) in [4.78, 5) is 62.5. The Morgan fingerprint density at radius 3 is 2.32 bits per heavy atom. The topological polar surface area (TPSA) is 215 Å². The quantitative estimate of drug-likeness (QED) is 0.0624. The van der Waals surface area contributed by atoms with Gasteiger partial charge in [-0.05, 0) is 92.4 Å². The first-order chi connectivity index (χ1) is 35.2. The van der Waals surface area contributed by atoms with Crippen LogP contribution in [0.5, 0.6) is 5.75 Å². The molecule has 74 heavy (non-hydrogen) atoms. The number of aliphatic hydroxyl groups is 1. The van der Waals surface area contributed by atoms with Gasteiger partial charge in [-0.2, -0.15) is 4.98 Å². The zero-order chi connectivity index (χ0) is 52.9. The fourth-order valence-corrected chi connectivity index (χ4v) is 11.4. The van der Waals surface area contributed by atoms with Crippen LogP contribution in [0.2, 0.25) is 5.02 Å². The number of sulfonamides is 1. The number of rotatable bonds is 17. The number of piperidine rings is 2. The molecule has 0 bridgehead atoms. The minimum Gasteiger partial charge on any atom is -0.494 e. The zero-order valence-corrected chi connectivity index (χ0v) is 45.5. The second-order valence-electron chi connectivity index (χ2n) is 20.7. The molecule has 3 aliphatic rings. The number of nitrogens with one attached hydrogen (secondary N) is 4. The number of amides is 3. The van der Waals surface area contributed by atoms with E-state index in [1.807, 2.05) is 75.7 Å². The van der Waals surface area contributed by atoms with Crippen molar-refractivity contribution in [3.63, 3.8) is 0 Å². The molecule has 5 heterocycles. The van der Waals surface area contributed by atoms with Gasteiger partial charge in [0.1, 0.15) is 22.9 Å². The van der Waals surface area contributed by atoms with Crippen molar-refractivity contribution in [1.29, 1.82) is 0 Å². The van der Waals surface area contributed by atoms with E-state index in [0.717, 1.165) is 79.2 Å². The lowest BCUT2D eigenvalue weighted by Crippen LogP contribution is -2.58. The zero-order valence-electron chi connectivity index (χ0n) is 43.1. The van der Waals surface area contributed by atoms with E-state index in [1.165, 1.54) is 22.4 Å². The SMILES string of the molecule is COc1cc(N2CCC(CN3CCC(C(=O)N[C@H](C(=O)N4C[C@H](O)C[C@H]4C(=O)NCc4ccc(-c5scnc5C)cc4)C(C)(C)C)CC3)CC2)ccc1Nc1ncc(Cl)c(Nc2ccccc2N(C)S(C)(=O)=O)n1. The highest BCUT2D eigenvalue weighted by atomic mass is 35.5. The Balaban J connectivity index is 0.798. The van der Waals surface area contributed by atoms with Crippen LogP contribution in [0.3, 0.4) is 0 Å². The number of carbonyl (C=O) groups is 3. The smallest absolute Gasteiger partial charge is 0.246 e. The minimum absolute atomic E-state index is 0.0216. The Morgan fingerprint density at radius 2 is 1.66 bits per heavy atom. The summed E-state index contributed by atoms with van der Waals surface area (Å²) in [5.41, 5.74) is 6.75. The van der Waals surface area contributed by atoms with Gasteiger partial charge in [-0.3, -0.25) is 18.7 Å². The van der Waals surface area contributed by atoms with Crippen LogP contribution in [-0.4, -0.2) is 134 Å². The summed E-state index contributed by atoms with van der Waals surface area (Å²) in [6, 6.07) is 19.2. The molecule has 3 atom stereocenters. The third-order valence-electron chi connectivity index (χ3n) is 14.3. The lowest BCUT2D eigenvalue weighted by Gasteiger charge is -2.39. The van der Waals surface area contributed by atoms with Crippen molar-refractivity contribution in [3.8, 4) is 16.2 Å². The molecular formula is C53H68ClN11O7S2. The summed E-state index contributed by atoms with van der Waals surface area (Å²) in [7, 11) is -0.428. The molecule has 18 nitrogen and oxygen atoms in total. The maximum Gasteiger partial charge on any atom is 0.246 e. The highest BCUT2D eigenvalue weighted by Crippen LogP contribution is 2.36. The van der Waals surface area contributed by atoms with Crippen molar-refractivity contribution in [2.75, 3.05) is 79.5 Å². The van der Waals surface area contributed by atoms with Gasteiger partial charge in [-0.1, -0.05) is 68.8 Å². The van der Waals surface area contributed by atoms with Crippen LogP contribution >= 0.6 is 22.9 Å². The molecule has 0 aliphatic carbocycles. The molecule has 5 N–H and O–H groups in total. The predicted molar refractivity (Wildman–Crippen MR) is 292 cm³/mol. The maximum atomic E-state index is 14.3. The third kappa shape index (κ3) is 13.1. The summed E-state index contributed by atoms with van der Waals surface area (Å²) in [6.07, 6.45) is 5.28. The third-order valence-corrected chi connectivity index (χ3v) is 16.8. The molecule has 396 valence electrons. The Bertz CT molecular complexity index is 2900. The molecule has 3 saturated heterocycles. The summed E-state index contributed by atoms with van der Waals surface area (Å²) < 4.78 is 31.6. The largest absolute Gasteiger partial charge is 0.494 e. The van der Waals surface area contributed by atoms with Gasteiger partial charge in [0.15, 0.2) is 5.82 Å². The number of thiazole rings is 1. The number of halogens is 1. The number of benzene rings is 3. The van der Waals surface area contributed by atoms with E-state index in [1.54, 1.807) is 42.7 Å². The van der Waals surface area contributed by atoms with Crippen molar-refractivity contribution >= 4 is 85.2 Å². The Morgan fingerprint density at radius 1 is 0.946 bits per heavy atom. The number of carbonyl (C=O) groups excluding carboxylic acids is 3. The number of likely N-dealkylation sites (tertiary alicyclic amines) is 2. The molecular weight excluding hydrogens is 1000 g/mol. The first-order valence-corrected chi connectivity index (χ1v) is 28.2. The molecule has 2 aromatic heterocycles. The number of nitrogens with zero attached hydrogens (tertiary/aromatic N) is 7. The van der Waals surface area contributed by atoms with Crippen molar-refractivity contribution in [1.82, 2.24) is 35.4 Å². The van der Waals surface area contributed by atoms with Gasteiger partial charge in [0, 0.05) is 63.9 Å². The van der Waals surface area contributed by atoms with Crippen LogP contribution in [0.1, 0.15) is 64.1 Å². The maximum absolute atomic E-state index is 14.3. The second kappa shape index (κ2) is 23.2. The standard InChI is InChI=1S/C53H68ClN11O7S2/c1-33-46(73-32-57-33)36-14-12-34(13-15-36)28-55-50(68)44-27-39(66)31-65(44)51(69)47(53(2,3)4)60-49(67)37-20-22-63(23-21-37)30-35-18-24-64(25-19-35)38-16-17-42(45(26-38)72-6)59-52-56-29-40(54)48(61-52)58-41-10-8-9-11-43(41)62(5)74(7,70)71/h8-17,26,29,32,35,37,39,44,47,66H,18-25,27-28,30-31H2,1-7H3,(H,55,68)(H,60,67)(H2,56,58,59,61)/t39-,44+,47-/m1/s1. The summed E-state index contributed by atoms with van der Waals surface area (Å²) in [5, 5.41) is 23.5. The number of methoxy groups -OCH3 is 1. The van der Waals surface area contributed by atoms with E-state index in [4.69, 9.17) is 16.3 Å². The van der Waals surface area contributed by atoms with E-state index in [0.29, 0.717) is 47.4 Å². The fourth-order valence-electron chi connectivity index (χ4n) is 9.93. The number of anilines is 6. The first-order valence-electron chi connectivity index (χ1n) is 25.1. The van der Waals surface area contributed by atoms with Gasteiger partial charge in [0.2, 0.25) is 33.7 Å². The molecule has 3 aliphatic heterocycles. The average Bonchev–Trinajstić information content (AvgIpc) is 4.00. The van der Waals surface area contributed by atoms with Crippen molar-refractivity contribution in [2.45, 2.75) is 84.5 Å². The number of aryl methyl sites for hydroxylation is 1. The van der Waals surface area contributed by atoms with E-state index < -0.39 is 33.6 Å². The highest BCUT2D eigenvalue weighted by Gasteiger charge is 2.45. The van der Waals surface area contributed by atoms with Crippen molar-refractivity contribution < 1.29 is 32.6 Å². The van der Waals surface area contributed by atoms with Gasteiger partial charge in [0.25, 0.3) is 0 Å². The van der Waals surface area contributed by atoms with Crippen LogP contribution in [0, 0.1) is 24.2 Å². The first kappa shape index (κ1) is 54.2. The van der Waals surface area contributed by atoms with Gasteiger partial charge in [-0.25, -0.2) is 18.4 Å². The number of hydrogen-bond acceptors (Lipinski definition) is 15. The lowest BCUT2D eigenvalue weighted by molar-refractivity contribution is -0.144. The Kier molecular flexibility index (Phi) is 17.0. The molecule has 0 unspecified atom stereocenters. The van der Waals surface area contributed by atoms with Crippen molar-refractivity contribution in [3.05, 3.63) is 94.7 Å². The number of aliphatic hydroxyl groups excluding tert-OH is 1. The molecule has 21 heteroatoms. The van der Waals surface area contributed by atoms with E-state index in [2.05, 4.69) is 46.0 Å². The monoisotopic (exact) mass is 1070 g/mol. The van der Waals surface area contributed by atoms with Crippen LogP contribution < -0.4 is 35.2 Å². The highest BCUT2D eigenvalue weighted by molar-refractivity contribution is 7.92. The molecule has 8 rings (SSSR count). The molecule has 0 saturated carbocycles. The molecule has 0 spiro atoms. The minimum atomic E-state index is -3.52. The average molecular weight is 1070 g/mol. The summed E-state index contributed by atoms with van der Waals surface area (Å²) in [6.45, 7) is 12.3. The van der Waals surface area contributed by atoms with Crippen LogP contribution in [-0.2, 0) is 31.0 Å².